The second-order valence-corrected chi connectivity index (χ2v) is 3.59. The predicted molar refractivity (Wildman–Crippen MR) is 59.9 cm³/mol. The van der Waals surface area contributed by atoms with Crippen LogP contribution in [0.5, 0.6) is 0 Å². The Morgan fingerprint density at radius 2 is 2.41 bits per heavy atom. The van der Waals surface area contributed by atoms with Crippen LogP contribution >= 0.6 is 0 Å². The highest BCUT2D eigenvalue weighted by molar-refractivity contribution is 5.75. The first-order valence-electron chi connectivity index (χ1n) is 5.43. The number of imidazole rings is 1. The van der Waals surface area contributed by atoms with Crippen molar-refractivity contribution in [1.82, 2.24) is 30.3 Å². The van der Waals surface area contributed by atoms with Gasteiger partial charge in [0.15, 0.2) is 0 Å². The molecule has 0 bridgehead atoms. The van der Waals surface area contributed by atoms with Gasteiger partial charge in [-0.3, -0.25) is 4.79 Å². The van der Waals surface area contributed by atoms with Crippen molar-refractivity contribution in [2.24, 2.45) is 0 Å². The Morgan fingerprint density at radius 1 is 1.47 bits per heavy atom. The first kappa shape index (κ1) is 11.3. The number of rotatable bonds is 6. The summed E-state index contributed by atoms with van der Waals surface area (Å²) in [6, 6.07) is 0. The molecule has 2 aromatic rings. The van der Waals surface area contributed by atoms with Crippen LogP contribution in [0.2, 0.25) is 0 Å². The van der Waals surface area contributed by atoms with Crippen molar-refractivity contribution < 1.29 is 4.79 Å². The van der Waals surface area contributed by atoms with E-state index in [0.717, 1.165) is 18.7 Å². The molecule has 0 aliphatic carbocycles. The van der Waals surface area contributed by atoms with Crippen LogP contribution in [0.25, 0.3) is 0 Å². The quantitative estimate of drug-likeness (QED) is 0.674. The molecule has 17 heavy (non-hydrogen) atoms. The van der Waals surface area contributed by atoms with Crippen molar-refractivity contribution in [3.63, 3.8) is 0 Å². The van der Waals surface area contributed by atoms with Crippen LogP contribution in [0.15, 0.2) is 24.8 Å². The van der Waals surface area contributed by atoms with Gasteiger partial charge >= 0.3 is 0 Å². The number of hydrogen-bond donors (Lipinski definition) is 2. The molecule has 2 rings (SSSR count). The summed E-state index contributed by atoms with van der Waals surface area (Å²) in [6.45, 7) is 0.842. The van der Waals surface area contributed by atoms with Crippen LogP contribution in [-0.2, 0) is 17.8 Å². The Balaban J connectivity index is 1.60. The molecule has 0 atom stereocenters. The summed E-state index contributed by atoms with van der Waals surface area (Å²) in [5, 5.41) is 10.2. The molecule has 1 amide bonds. The van der Waals surface area contributed by atoms with Crippen molar-refractivity contribution in [2.75, 3.05) is 6.54 Å². The molecule has 0 aliphatic heterocycles. The lowest BCUT2D eigenvalue weighted by Gasteiger charge is -2.03. The van der Waals surface area contributed by atoms with E-state index in [1.807, 2.05) is 0 Å². The second-order valence-electron chi connectivity index (χ2n) is 3.59. The largest absolute Gasteiger partial charge is 0.354 e. The van der Waals surface area contributed by atoms with Gasteiger partial charge < -0.3 is 10.3 Å². The molecule has 0 unspecified atom stereocenters. The van der Waals surface area contributed by atoms with Crippen LogP contribution in [0, 0.1) is 0 Å². The van der Waals surface area contributed by atoms with E-state index in [-0.39, 0.29) is 12.5 Å². The summed E-state index contributed by atoms with van der Waals surface area (Å²) < 4.78 is 1.49. The Labute approximate surface area is 98.2 Å². The lowest BCUT2D eigenvalue weighted by atomic mass is 10.3. The van der Waals surface area contributed by atoms with Gasteiger partial charge in [0, 0.05) is 31.6 Å². The number of hydrogen-bond acceptors (Lipinski definition) is 4. The third-order valence-corrected chi connectivity index (χ3v) is 2.24. The molecule has 2 heterocycles. The minimum Gasteiger partial charge on any atom is -0.354 e. The molecule has 90 valence electrons. The van der Waals surface area contributed by atoms with Gasteiger partial charge in [-0.25, -0.2) is 9.67 Å². The Morgan fingerprint density at radius 3 is 3.12 bits per heavy atom. The molecule has 0 aliphatic rings. The van der Waals surface area contributed by atoms with E-state index in [0.29, 0.717) is 6.54 Å². The van der Waals surface area contributed by atoms with E-state index < -0.39 is 0 Å². The predicted octanol–water partition coefficient (Wildman–Crippen LogP) is -0.250. The van der Waals surface area contributed by atoms with Crippen molar-refractivity contribution >= 4 is 5.91 Å². The molecule has 0 spiro atoms. The molecule has 0 fully saturated rings. The fraction of sp³-hybridized carbons (Fsp3) is 0.400. The van der Waals surface area contributed by atoms with Crippen LogP contribution < -0.4 is 5.32 Å². The Kier molecular flexibility index (Phi) is 3.85. The van der Waals surface area contributed by atoms with Crippen LogP contribution in [0.3, 0.4) is 0 Å². The molecule has 7 nitrogen and oxygen atoms in total. The number of nitrogens with one attached hydrogen (secondary N) is 2. The second kappa shape index (κ2) is 5.78. The number of nitrogens with zero attached hydrogens (tertiary/aromatic N) is 4. The standard InChI is InChI=1S/C10H14N6O/c17-10(8-16-7-6-14-15-16)13-3-1-2-9-11-4-5-12-9/h4-7H,1-3,8H2,(H,11,12)(H,13,17). The van der Waals surface area contributed by atoms with Gasteiger partial charge in [0.1, 0.15) is 12.4 Å². The van der Waals surface area contributed by atoms with Gasteiger partial charge in [0.2, 0.25) is 5.91 Å². The normalized spacial score (nSPS) is 10.4. The van der Waals surface area contributed by atoms with Gasteiger partial charge in [-0.1, -0.05) is 5.21 Å². The van der Waals surface area contributed by atoms with Crippen molar-refractivity contribution in [3.05, 3.63) is 30.6 Å². The monoisotopic (exact) mass is 234 g/mol. The van der Waals surface area contributed by atoms with E-state index in [1.165, 1.54) is 4.68 Å². The lowest BCUT2D eigenvalue weighted by Crippen LogP contribution is -2.28. The number of aryl methyl sites for hydroxylation is 1. The maximum absolute atomic E-state index is 11.4. The summed E-state index contributed by atoms with van der Waals surface area (Å²) in [7, 11) is 0. The summed E-state index contributed by atoms with van der Waals surface area (Å²) in [5.74, 6) is 0.880. The number of amides is 1. The molecule has 2 N–H and O–H groups in total. The van der Waals surface area contributed by atoms with Crippen LogP contribution in [-0.4, -0.2) is 37.4 Å². The van der Waals surface area contributed by atoms with Crippen molar-refractivity contribution in [1.29, 1.82) is 0 Å². The van der Waals surface area contributed by atoms with E-state index in [9.17, 15) is 4.79 Å². The van der Waals surface area contributed by atoms with E-state index >= 15 is 0 Å². The Bertz CT molecular complexity index is 435. The SMILES string of the molecule is O=C(Cn1ccnn1)NCCCc1ncc[nH]1. The summed E-state index contributed by atoms with van der Waals surface area (Å²) in [4.78, 5) is 18.6. The summed E-state index contributed by atoms with van der Waals surface area (Å²) in [5.41, 5.74) is 0. The zero-order chi connectivity index (χ0) is 11.9. The topological polar surface area (TPSA) is 88.5 Å². The minimum atomic E-state index is -0.0602. The number of H-pyrrole nitrogens is 1. The maximum atomic E-state index is 11.4. The molecule has 2 aromatic heterocycles. The van der Waals surface area contributed by atoms with Gasteiger partial charge in [0.25, 0.3) is 0 Å². The first-order valence-corrected chi connectivity index (χ1v) is 5.43. The highest BCUT2D eigenvalue weighted by Gasteiger charge is 2.02. The van der Waals surface area contributed by atoms with Crippen LogP contribution in [0.1, 0.15) is 12.2 Å². The number of carbonyl (C=O) groups is 1. The van der Waals surface area contributed by atoms with Gasteiger partial charge in [-0.15, -0.1) is 5.10 Å². The van der Waals surface area contributed by atoms with Crippen molar-refractivity contribution in [2.45, 2.75) is 19.4 Å². The van der Waals surface area contributed by atoms with E-state index in [2.05, 4.69) is 25.6 Å². The van der Waals surface area contributed by atoms with Crippen LogP contribution in [0.4, 0.5) is 0 Å². The van der Waals surface area contributed by atoms with Gasteiger partial charge in [-0.2, -0.15) is 0 Å². The lowest BCUT2D eigenvalue weighted by molar-refractivity contribution is -0.121. The number of aromatic nitrogens is 5. The highest BCUT2D eigenvalue weighted by Crippen LogP contribution is 1.93. The third kappa shape index (κ3) is 3.71. The average Bonchev–Trinajstić information content (AvgIpc) is 2.96. The molecule has 0 aromatic carbocycles. The molecule has 0 saturated carbocycles. The molecule has 0 saturated heterocycles. The Hall–Kier alpha value is -2.18. The molecule has 0 radical (unpaired) electrons. The minimum absolute atomic E-state index is 0.0602. The first-order chi connectivity index (χ1) is 8.34. The summed E-state index contributed by atoms with van der Waals surface area (Å²) >= 11 is 0. The third-order valence-electron chi connectivity index (χ3n) is 2.24. The van der Waals surface area contributed by atoms with Gasteiger partial charge in [0.05, 0.1) is 6.20 Å². The van der Waals surface area contributed by atoms with E-state index in [4.69, 9.17) is 0 Å². The number of carbonyl (C=O) groups excluding carboxylic acids is 1. The highest BCUT2D eigenvalue weighted by atomic mass is 16.2. The molecular weight excluding hydrogens is 220 g/mol. The molecular formula is C10H14N6O. The fourth-order valence-corrected chi connectivity index (χ4v) is 1.44. The maximum Gasteiger partial charge on any atom is 0.241 e. The smallest absolute Gasteiger partial charge is 0.241 e. The zero-order valence-electron chi connectivity index (χ0n) is 9.33. The van der Waals surface area contributed by atoms with E-state index in [1.54, 1.807) is 24.8 Å². The zero-order valence-corrected chi connectivity index (χ0v) is 9.33. The molecule has 7 heteroatoms. The van der Waals surface area contributed by atoms with Crippen molar-refractivity contribution in [3.8, 4) is 0 Å². The van der Waals surface area contributed by atoms with Gasteiger partial charge in [-0.05, 0) is 6.42 Å². The fourth-order valence-electron chi connectivity index (χ4n) is 1.44. The number of aromatic amines is 1. The average molecular weight is 234 g/mol. The summed E-state index contributed by atoms with van der Waals surface area (Å²) in [6.07, 6.45) is 8.40.